The van der Waals surface area contributed by atoms with Crippen LogP contribution in [0.15, 0.2) is 24.3 Å². The lowest BCUT2D eigenvalue weighted by Gasteiger charge is -2.07. The van der Waals surface area contributed by atoms with Gasteiger partial charge < -0.3 is 14.9 Å². The molecule has 2 N–H and O–H groups in total. The number of aliphatic carboxylic acids is 2. The molecule has 138 valence electrons. The molecule has 0 saturated carbocycles. The van der Waals surface area contributed by atoms with Crippen molar-refractivity contribution in [2.45, 2.75) is 71.3 Å². The Morgan fingerprint density at radius 2 is 1.71 bits per heavy atom. The van der Waals surface area contributed by atoms with Crippen LogP contribution in [0.2, 0.25) is 0 Å². The van der Waals surface area contributed by atoms with Crippen LogP contribution in [-0.4, -0.2) is 34.9 Å². The zero-order valence-corrected chi connectivity index (χ0v) is 15.1. The lowest BCUT2D eigenvalue weighted by Crippen LogP contribution is -2.10. The van der Waals surface area contributed by atoms with Gasteiger partial charge in [-0.25, -0.2) is 9.59 Å². The molecular weight excluding hydrogens is 308 g/mol. The summed E-state index contributed by atoms with van der Waals surface area (Å²) in [6, 6.07) is 0. The van der Waals surface area contributed by atoms with Crippen molar-refractivity contribution in [2.24, 2.45) is 5.92 Å². The first-order valence-corrected chi connectivity index (χ1v) is 8.67. The van der Waals surface area contributed by atoms with Crippen molar-refractivity contribution in [3.63, 3.8) is 0 Å². The van der Waals surface area contributed by atoms with Crippen molar-refractivity contribution < 1.29 is 24.5 Å². The Hall–Kier alpha value is -1.62. The van der Waals surface area contributed by atoms with Gasteiger partial charge in [-0.05, 0) is 31.6 Å². The van der Waals surface area contributed by atoms with Gasteiger partial charge in [0.05, 0.1) is 6.10 Å². The normalized spacial score (nSPS) is 16.4. The zero-order valence-electron chi connectivity index (χ0n) is 15.1. The van der Waals surface area contributed by atoms with E-state index < -0.39 is 11.9 Å². The Kier molecular flexibility index (Phi) is 11.9. The summed E-state index contributed by atoms with van der Waals surface area (Å²) < 4.78 is 5.25. The molecule has 0 aromatic carbocycles. The highest BCUT2D eigenvalue weighted by Gasteiger charge is 2.18. The topological polar surface area (TPSA) is 83.8 Å². The first kappa shape index (κ1) is 22.4. The summed E-state index contributed by atoms with van der Waals surface area (Å²) in [4.78, 5) is 20.7. The van der Waals surface area contributed by atoms with Crippen LogP contribution in [0.3, 0.4) is 0 Å². The molecule has 1 fully saturated rings. The molecule has 0 bridgehead atoms. The van der Waals surface area contributed by atoms with Crippen molar-refractivity contribution in [3.8, 4) is 0 Å². The Bertz CT molecular complexity index is 419. The minimum Gasteiger partial charge on any atom is -0.478 e. The Morgan fingerprint density at radius 1 is 1.08 bits per heavy atom. The van der Waals surface area contributed by atoms with Crippen LogP contribution in [0.1, 0.15) is 65.2 Å². The summed E-state index contributed by atoms with van der Waals surface area (Å²) in [6.07, 6.45) is 7.71. The largest absolute Gasteiger partial charge is 0.478 e. The number of ether oxygens (including phenoxy) is 1. The molecule has 0 radical (unpaired) electrons. The molecule has 5 heteroatoms. The quantitative estimate of drug-likeness (QED) is 0.454. The molecule has 5 nitrogen and oxygen atoms in total. The van der Waals surface area contributed by atoms with E-state index in [1.807, 2.05) is 0 Å². The third kappa shape index (κ3) is 11.9. The molecule has 1 atom stereocenters. The van der Waals surface area contributed by atoms with Crippen LogP contribution in [0.5, 0.6) is 0 Å². The maximum atomic E-state index is 10.4. The fourth-order valence-electron chi connectivity index (χ4n) is 2.34. The molecule has 0 amide bonds. The fourth-order valence-corrected chi connectivity index (χ4v) is 2.34. The second kappa shape index (κ2) is 12.8. The molecule has 1 aliphatic heterocycles. The molecule has 0 aliphatic carbocycles. The van der Waals surface area contributed by atoms with Gasteiger partial charge in [-0.1, -0.05) is 46.3 Å². The molecule has 1 saturated heterocycles. The van der Waals surface area contributed by atoms with E-state index in [1.165, 1.54) is 12.8 Å². The van der Waals surface area contributed by atoms with Crippen LogP contribution in [0.4, 0.5) is 0 Å². The van der Waals surface area contributed by atoms with Crippen molar-refractivity contribution in [3.05, 3.63) is 24.3 Å². The SMILES string of the molecule is C=C(CC1CCCO1)C(=O)O.C=C(CCCCCC(C)C)C(=O)O. The summed E-state index contributed by atoms with van der Waals surface area (Å²) in [5, 5.41) is 17.0. The smallest absolute Gasteiger partial charge is 0.331 e. The number of carboxylic acids is 2. The minimum absolute atomic E-state index is 0.0959. The van der Waals surface area contributed by atoms with Gasteiger partial charge in [0.1, 0.15) is 0 Å². The van der Waals surface area contributed by atoms with E-state index in [-0.39, 0.29) is 11.7 Å². The van der Waals surface area contributed by atoms with Gasteiger partial charge in [-0.3, -0.25) is 0 Å². The van der Waals surface area contributed by atoms with Crippen molar-refractivity contribution >= 4 is 11.9 Å². The second-order valence-electron chi connectivity index (χ2n) is 6.65. The maximum Gasteiger partial charge on any atom is 0.331 e. The number of carboxylic acid groups (broad SMARTS) is 2. The minimum atomic E-state index is -0.916. The third-order valence-corrected chi connectivity index (χ3v) is 3.86. The number of hydrogen-bond donors (Lipinski definition) is 2. The average Bonchev–Trinajstić information content (AvgIpc) is 2.99. The van der Waals surface area contributed by atoms with Crippen LogP contribution in [0, 0.1) is 5.92 Å². The van der Waals surface area contributed by atoms with Gasteiger partial charge in [-0.2, -0.15) is 0 Å². The predicted molar refractivity (Wildman–Crippen MR) is 95.1 cm³/mol. The molecule has 24 heavy (non-hydrogen) atoms. The molecule has 0 aromatic heterocycles. The van der Waals surface area contributed by atoms with Gasteiger partial charge >= 0.3 is 11.9 Å². The molecular formula is C19H32O5. The Balaban J connectivity index is 0.000000446. The lowest BCUT2D eigenvalue weighted by atomic mass is 10.0. The number of carbonyl (C=O) groups is 2. The summed E-state index contributed by atoms with van der Waals surface area (Å²) >= 11 is 0. The number of hydrogen-bond acceptors (Lipinski definition) is 3. The standard InChI is InChI=1S/C11H20O2.C8H12O3/c1-9(2)7-5-4-6-8-10(3)11(12)13;1-6(8(9)10)5-7-3-2-4-11-7/h9H,3-8H2,1-2H3,(H,12,13);7H,1-5H2,(H,9,10). The molecule has 1 unspecified atom stereocenters. The van der Waals surface area contributed by atoms with Crippen LogP contribution >= 0.6 is 0 Å². The van der Waals surface area contributed by atoms with Crippen molar-refractivity contribution in [2.75, 3.05) is 6.61 Å². The molecule has 1 rings (SSSR count). The van der Waals surface area contributed by atoms with E-state index in [2.05, 4.69) is 27.0 Å². The average molecular weight is 340 g/mol. The Morgan fingerprint density at radius 3 is 2.17 bits per heavy atom. The molecule has 1 aliphatic rings. The van der Waals surface area contributed by atoms with Crippen LogP contribution in [0.25, 0.3) is 0 Å². The van der Waals surface area contributed by atoms with Crippen LogP contribution < -0.4 is 0 Å². The predicted octanol–water partition coefficient (Wildman–Crippen LogP) is 4.43. The highest BCUT2D eigenvalue weighted by molar-refractivity contribution is 5.86. The molecule has 0 spiro atoms. The first-order chi connectivity index (χ1) is 11.2. The Labute approximate surface area is 145 Å². The van der Waals surface area contributed by atoms with Crippen molar-refractivity contribution in [1.29, 1.82) is 0 Å². The van der Waals surface area contributed by atoms with Crippen molar-refractivity contribution in [1.82, 2.24) is 0 Å². The monoisotopic (exact) mass is 340 g/mol. The second-order valence-corrected chi connectivity index (χ2v) is 6.65. The number of rotatable bonds is 10. The molecule has 0 aromatic rings. The van der Waals surface area contributed by atoms with E-state index in [1.54, 1.807) is 0 Å². The number of unbranched alkanes of at least 4 members (excludes halogenated alkanes) is 2. The van der Waals surface area contributed by atoms with Gasteiger partial charge in [0.15, 0.2) is 0 Å². The summed E-state index contributed by atoms with van der Waals surface area (Å²) in [6.45, 7) is 12.1. The van der Waals surface area contributed by atoms with Crippen LogP contribution in [-0.2, 0) is 14.3 Å². The van der Waals surface area contributed by atoms with Gasteiger partial charge in [0, 0.05) is 24.2 Å². The lowest BCUT2D eigenvalue weighted by molar-refractivity contribution is -0.133. The summed E-state index contributed by atoms with van der Waals surface area (Å²) in [5.74, 6) is -1.02. The van der Waals surface area contributed by atoms with Gasteiger partial charge in [0.25, 0.3) is 0 Å². The van der Waals surface area contributed by atoms with E-state index in [0.717, 1.165) is 38.2 Å². The first-order valence-electron chi connectivity index (χ1n) is 8.67. The fraction of sp³-hybridized carbons (Fsp3) is 0.684. The highest BCUT2D eigenvalue weighted by atomic mass is 16.5. The molecule has 1 heterocycles. The van der Waals surface area contributed by atoms with Gasteiger partial charge in [0.2, 0.25) is 0 Å². The maximum absolute atomic E-state index is 10.4. The highest BCUT2D eigenvalue weighted by Crippen LogP contribution is 2.18. The summed E-state index contributed by atoms with van der Waals surface area (Å²) in [5.41, 5.74) is 0.585. The van der Waals surface area contributed by atoms with E-state index in [9.17, 15) is 9.59 Å². The van der Waals surface area contributed by atoms with E-state index >= 15 is 0 Å². The van der Waals surface area contributed by atoms with Gasteiger partial charge in [-0.15, -0.1) is 0 Å². The third-order valence-electron chi connectivity index (χ3n) is 3.86. The summed E-state index contributed by atoms with van der Waals surface area (Å²) in [7, 11) is 0. The van der Waals surface area contributed by atoms with E-state index in [4.69, 9.17) is 14.9 Å². The van der Waals surface area contributed by atoms with E-state index in [0.29, 0.717) is 18.4 Å². The zero-order chi connectivity index (χ0) is 18.5.